The highest BCUT2D eigenvalue weighted by molar-refractivity contribution is 6.24. The highest BCUT2D eigenvalue weighted by Gasteiger charge is 2.24. The average molecular weight is 413 g/mol. The molecule has 1 fully saturated rings. The minimum Gasteiger partial charge on any atom is -0.368 e. The van der Waals surface area contributed by atoms with Gasteiger partial charge in [-0.25, -0.2) is 0 Å². The van der Waals surface area contributed by atoms with Gasteiger partial charge in [-0.3, -0.25) is 14.9 Å². The molecule has 0 aromatic heterocycles. The summed E-state index contributed by atoms with van der Waals surface area (Å²) in [7, 11) is 0. The summed E-state index contributed by atoms with van der Waals surface area (Å²) in [6, 6.07) is 26.2. The highest BCUT2D eigenvalue weighted by Crippen LogP contribution is 2.24. The van der Waals surface area contributed by atoms with Crippen LogP contribution in [0, 0.1) is 10.1 Å². The van der Waals surface area contributed by atoms with E-state index in [-0.39, 0.29) is 11.6 Å². The molecule has 0 N–H and O–H groups in total. The fourth-order valence-corrected chi connectivity index (χ4v) is 3.73. The summed E-state index contributed by atoms with van der Waals surface area (Å²) in [6.45, 7) is 2.54. The van der Waals surface area contributed by atoms with Crippen LogP contribution >= 0.6 is 0 Å². The van der Waals surface area contributed by atoms with Gasteiger partial charge in [-0.05, 0) is 29.3 Å². The van der Waals surface area contributed by atoms with Gasteiger partial charge in [-0.2, -0.15) is 0 Å². The van der Waals surface area contributed by atoms with Crippen molar-refractivity contribution in [2.24, 2.45) is 0 Å². The van der Waals surface area contributed by atoms with E-state index in [1.807, 2.05) is 71.6 Å². The molecule has 0 spiro atoms. The zero-order valence-electron chi connectivity index (χ0n) is 17.1. The standard InChI is InChI=1S/C25H23N3O3/c29-25(24(21-9-5-2-6-10-21)19-20-7-3-1-4-8-20)27-17-15-26(16-18-27)22-11-13-23(14-12-22)28(30)31/h1-14,19H,15-18H2/b24-19+. The van der Waals surface area contributed by atoms with Crippen LogP contribution in [-0.4, -0.2) is 41.9 Å². The Morgan fingerprint density at radius 2 is 1.39 bits per heavy atom. The maximum atomic E-state index is 13.4. The summed E-state index contributed by atoms with van der Waals surface area (Å²) in [6.07, 6.45) is 1.94. The molecule has 1 heterocycles. The first-order valence-electron chi connectivity index (χ1n) is 10.2. The first-order chi connectivity index (χ1) is 15.1. The number of nitro benzene ring substituents is 1. The third-order valence-corrected chi connectivity index (χ3v) is 5.42. The molecule has 6 heteroatoms. The Hall–Kier alpha value is -3.93. The van der Waals surface area contributed by atoms with Crippen LogP contribution in [-0.2, 0) is 4.79 Å². The minimum atomic E-state index is -0.398. The molecule has 4 rings (SSSR count). The number of benzene rings is 3. The molecule has 1 aliphatic heterocycles. The molecule has 1 saturated heterocycles. The van der Waals surface area contributed by atoms with E-state index in [4.69, 9.17) is 0 Å². The third-order valence-electron chi connectivity index (χ3n) is 5.42. The number of non-ortho nitro benzene ring substituents is 1. The van der Waals surface area contributed by atoms with E-state index in [2.05, 4.69) is 4.90 Å². The number of amides is 1. The van der Waals surface area contributed by atoms with Gasteiger partial charge < -0.3 is 9.80 Å². The van der Waals surface area contributed by atoms with Gasteiger partial charge in [0.2, 0.25) is 0 Å². The van der Waals surface area contributed by atoms with E-state index in [0.717, 1.165) is 16.8 Å². The highest BCUT2D eigenvalue weighted by atomic mass is 16.6. The second-order valence-electron chi connectivity index (χ2n) is 7.39. The van der Waals surface area contributed by atoms with Gasteiger partial charge in [0, 0.05) is 49.6 Å². The first-order valence-corrected chi connectivity index (χ1v) is 10.2. The van der Waals surface area contributed by atoms with Crippen LogP contribution in [0.1, 0.15) is 11.1 Å². The molecule has 1 amide bonds. The summed E-state index contributed by atoms with van der Waals surface area (Å²) < 4.78 is 0. The van der Waals surface area contributed by atoms with Crippen LogP contribution in [0.5, 0.6) is 0 Å². The Kier molecular flexibility index (Phi) is 6.08. The van der Waals surface area contributed by atoms with E-state index >= 15 is 0 Å². The monoisotopic (exact) mass is 413 g/mol. The number of nitrogens with zero attached hydrogens (tertiary/aromatic N) is 3. The van der Waals surface area contributed by atoms with E-state index in [0.29, 0.717) is 31.8 Å². The van der Waals surface area contributed by atoms with Crippen molar-refractivity contribution < 1.29 is 9.72 Å². The normalized spacial score (nSPS) is 14.4. The van der Waals surface area contributed by atoms with E-state index < -0.39 is 4.92 Å². The maximum absolute atomic E-state index is 13.4. The molecule has 0 radical (unpaired) electrons. The predicted octanol–water partition coefficient (Wildman–Crippen LogP) is 4.48. The van der Waals surface area contributed by atoms with Gasteiger partial charge in [-0.1, -0.05) is 60.7 Å². The summed E-state index contributed by atoms with van der Waals surface area (Å²) in [5.41, 5.74) is 3.57. The van der Waals surface area contributed by atoms with Gasteiger partial charge in [0.15, 0.2) is 0 Å². The average Bonchev–Trinajstić information content (AvgIpc) is 2.83. The SMILES string of the molecule is O=C(/C(=C/c1ccccc1)c1ccccc1)N1CCN(c2ccc([N+](=O)[O-])cc2)CC1. The number of carbonyl (C=O) groups excluding carboxylic acids is 1. The number of piperazine rings is 1. The van der Waals surface area contributed by atoms with Crippen LogP contribution in [0.15, 0.2) is 84.9 Å². The number of carbonyl (C=O) groups is 1. The lowest BCUT2D eigenvalue weighted by Crippen LogP contribution is -2.49. The maximum Gasteiger partial charge on any atom is 0.269 e. The lowest BCUT2D eigenvalue weighted by Gasteiger charge is -2.36. The number of hydrogen-bond acceptors (Lipinski definition) is 4. The van der Waals surface area contributed by atoms with Gasteiger partial charge in [0.25, 0.3) is 11.6 Å². The zero-order chi connectivity index (χ0) is 21.6. The number of nitro groups is 1. The molecule has 3 aromatic carbocycles. The minimum absolute atomic E-state index is 0.0124. The summed E-state index contributed by atoms with van der Waals surface area (Å²) in [5, 5.41) is 10.9. The Labute approximate surface area is 181 Å². The second kappa shape index (κ2) is 9.26. The molecular weight excluding hydrogens is 390 g/mol. The Bertz CT molecular complexity index is 1070. The largest absolute Gasteiger partial charge is 0.368 e. The quantitative estimate of drug-likeness (QED) is 0.268. The van der Waals surface area contributed by atoms with Gasteiger partial charge in [-0.15, -0.1) is 0 Å². The van der Waals surface area contributed by atoms with Crippen molar-refractivity contribution >= 4 is 28.9 Å². The number of hydrogen-bond donors (Lipinski definition) is 0. The van der Waals surface area contributed by atoms with Crippen molar-refractivity contribution in [2.75, 3.05) is 31.1 Å². The van der Waals surface area contributed by atoms with Crippen molar-refractivity contribution in [3.8, 4) is 0 Å². The number of rotatable bonds is 5. The smallest absolute Gasteiger partial charge is 0.269 e. The van der Waals surface area contributed by atoms with Crippen molar-refractivity contribution in [3.05, 3.63) is 106 Å². The van der Waals surface area contributed by atoms with Crippen LogP contribution < -0.4 is 4.90 Å². The molecular formula is C25H23N3O3. The fraction of sp³-hybridized carbons (Fsp3) is 0.160. The van der Waals surface area contributed by atoms with Crippen LogP contribution in [0.2, 0.25) is 0 Å². The lowest BCUT2D eigenvalue weighted by atomic mass is 10.0. The predicted molar refractivity (Wildman–Crippen MR) is 123 cm³/mol. The zero-order valence-corrected chi connectivity index (χ0v) is 17.1. The molecule has 3 aromatic rings. The molecule has 31 heavy (non-hydrogen) atoms. The van der Waals surface area contributed by atoms with Gasteiger partial charge in [0.05, 0.1) is 4.92 Å². The van der Waals surface area contributed by atoms with Crippen LogP contribution in [0.25, 0.3) is 11.6 Å². The van der Waals surface area contributed by atoms with E-state index in [1.54, 1.807) is 12.1 Å². The van der Waals surface area contributed by atoms with Crippen LogP contribution in [0.3, 0.4) is 0 Å². The fourth-order valence-electron chi connectivity index (χ4n) is 3.73. The van der Waals surface area contributed by atoms with E-state index in [9.17, 15) is 14.9 Å². The summed E-state index contributed by atoms with van der Waals surface area (Å²) in [4.78, 5) is 27.9. The van der Waals surface area contributed by atoms with Crippen molar-refractivity contribution in [3.63, 3.8) is 0 Å². The van der Waals surface area contributed by atoms with Crippen molar-refractivity contribution in [1.82, 2.24) is 4.90 Å². The molecule has 6 nitrogen and oxygen atoms in total. The van der Waals surface area contributed by atoms with Crippen molar-refractivity contribution in [2.45, 2.75) is 0 Å². The van der Waals surface area contributed by atoms with Crippen LogP contribution in [0.4, 0.5) is 11.4 Å². The second-order valence-corrected chi connectivity index (χ2v) is 7.39. The topological polar surface area (TPSA) is 66.7 Å². The molecule has 0 aliphatic carbocycles. The molecule has 156 valence electrons. The third kappa shape index (κ3) is 4.80. The summed E-state index contributed by atoms with van der Waals surface area (Å²) in [5.74, 6) is 0.0124. The number of anilines is 1. The Morgan fingerprint density at radius 1 is 0.806 bits per heavy atom. The van der Waals surface area contributed by atoms with E-state index in [1.165, 1.54) is 12.1 Å². The first kappa shape index (κ1) is 20.3. The molecule has 0 unspecified atom stereocenters. The Morgan fingerprint density at radius 3 is 1.97 bits per heavy atom. The summed E-state index contributed by atoms with van der Waals surface area (Å²) >= 11 is 0. The molecule has 0 bridgehead atoms. The molecule has 1 aliphatic rings. The van der Waals surface area contributed by atoms with Gasteiger partial charge in [0.1, 0.15) is 0 Å². The lowest BCUT2D eigenvalue weighted by molar-refractivity contribution is -0.384. The van der Waals surface area contributed by atoms with Crippen molar-refractivity contribution in [1.29, 1.82) is 0 Å². The van der Waals surface area contributed by atoms with Gasteiger partial charge >= 0.3 is 0 Å². The molecule has 0 atom stereocenters. The molecule has 0 saturated carbocycles. The Balaban J connectivity index is 1.50.